The summed E-state index contributed by atoms with van der Waals surface area (Å²) in [5.41, 5.74) is 5.07. The van der Waals surface area contributed by atoms with Crippen molar-refractivity contribution in [1.29, 1.82) is 0 Å². The maximum absolute atomic E-state index is 12.6. The van der Waals surface area contributed by atoms with Gasteiger partial charge in [-0.05, 0) is 17.7 Å². The third-order valence-corrected chi connectivity index (χ3v) is 4.35. The summed E-state index contributed by atoms with van der Waals surface area (Å²) in [5, 5.41) is 7.52. The van der Waals surface area contributed by atoms with E-state index in [1.165, 1.54) is 0 Å². The number of thiazole rings is 1. The fourth-order valence-electron chi connectivity index (χ4n) is 2.15. The van der Waals surface area contributed by atoms with E-state index in [9.17, 15) is 18.0 Å². The number of aromatic nitrogens is 1. The molecule has 1 amide bonds. The lowest BCUT2D eigenvalue weighted by molar-refractivity contribution is -0.140. The molecule has 0 aliphatic carbocycles. The topological polar surface area (TPSA) is 102 Å². The van der Waals surface area contributed by atoms with E-state index in [1.54, 1.807) is 25.2 Å². The van der Waals surface area contributed by atoms with Gasteiger partial charge in [0.15, 0.2) is 18.3 Å². The number of rotatable bonds is 8. The number of nitrogens with zero attached hydrogens (tertiary/aromatic N) is 2. The van der Waals surface area contributed by atoms with Crippen molar-refractivity contribution in [2.75, 3.05) is 20.2 Å². The number of ether oxygens (including phenoxy) is 1. The molecule has 0 aliphatic rings. The molecule has 2 rings (SSSR count). The molecule has 0 unspecified atom stereocenters. The molecule has 0 saturated heterocycles. The summed E-state index contributed by atoms with van der Waals surface area (Å²) in [6.45, 7) is 0.613. The molecule has 1 aromatic carbocycles. The fraction of sp³-hybridized carbons (Fsp3) is 0.353. The van der Waals surface area contributed by atoms with Crippen molar-refractivity contribution in [3.8, 4) is 5.75 Å². The number of alkyl halides is 3. The molecule has 2 aromatic rings. The van der Waals surface area contributed by atoms with Crippen molar-refractivity contribution in [3.05, 3.63) is 45.9 Å². The Labute approximate surface area is 163 Å². The molecule has 0 aliphatic heterocycles. The first-order valence-corrected chi connectivity index (χ1v) is 9.12. The molecule has 0 fully saturated rings. The van der Waals surface area contributed by atoms with E-state index in [2.05, 4.69) is 20.6 Å². The number of hydrogen-bond acceptors (Lipinski definition) is 5. The maximum Gasteiger partial charge on any atom is 0.434 e. The van der Waals surface area contributed by atoms with Gasteiger partial charge in [-0.2, -0.15) is 13.2 Å². The van der Waals surface area contributed by atoms with Gasteiger partial charge in [0.05, 0.1) is 5.01 Å². The Morgan fingerprint density at radius 3 is 2.79 bits per heavy atom. The standard InChI is InChI=1S/C17H20F3N5O2S/c1-22-16(23-6-5-15-25-13(10-28-15)17(18,19)20)24-8-11-3-2-4-12(7-11)27-9-14(21)26/h2-4,7,10H,5-6,8-9H2,1H3,(H2,21,26)(H2,22,23,24). The number of carbonyl (C=O) groups is 1. The van der Waals surface area contributed by atoms with Crippen LogP contribution in [0.25, 0.3) is 0 Å². The highest BCUT2D eigenvalue weighted by atomic mass is 32.1. The van der Waals surface area contributed by atoms with Crippen LogP contribution in [-0.2, 0) is 23.9 Å². The van der Waals surface area contributed by atoms with Gasteiger partial charge in [-0.25, -0.2) is 4.98 Å². The molecule has 152 valence electrons. The second-order valence-electron chi connectivity index (χ2n) is 5.63. The van der Waals surface area contributed by atoms with E-state index in [0.29, 0.717) is 36.2 Å². The second-order valence-corrected chi connectivity index (χ2v) is 6.57. The Morgan fingerprint density at radius 1 is 1.36 bits per heavy atom. The molecular formula is C17H20F3N5O2S. The van der Waals surface area contributed by atoms with Gasteiger partial charge in [-0.15, -0.1) is 11.3 Å². The third kappa shape index (κ3) is 7.06. The first kappa shape index (κ1) is 21.5. The number of guanidine groups is 1. The van der Waals surface area contributed by atoms with E-state index in [-0.39, 0.29) is 6.61 Å². The highest BCUT2D eigenvalue weighted by Gasteiger charge is 2.33. The number of nitrogens with two attached hydrogens (primary N) is 1. The molecule has 0 atom stereocenters. The van der Waals surface area contributed by atoms with Crippen LogP contribution >= 0.6 is 11.3 Å². The van der Waals surface area contributed by atoms with Crippen molar-refractivity contribution >= 4 is 23.2 Å². The lowest BCUT2D eigenvalue weighted by Crippen LogP contribution is -2.37. The van der Waals surface area contributed by atoms with Crippen LogP contribution in [0.4, 0.5) is 13.2 Å². The summed E-state index contributed by atoms with van der Waals surface area (Å²) in [7, 11) is 1.59. The van der Waals surface area contributed by atoms with Gasteiger partial charge in [0, 0.05) is 31.9 Å². The van der Waals surface area contributed by atoms with Crippen molar-refractivity contribution in [2.24, 2.45) is 10.7 Å². The van der Waals surface area contributed by atoms with Crippen LogP contribution in [0.5, 0.6) is 5.75 Å². The first-order valence-electron chi connectivity index (χ1n) is 8.24. The van der Waals surface area contributed by atoms with E-state index in [0.717, 1.165) is 22.3 Å². The van der Waals surface area contributed by atoms with Gasteiger partial charge < -0.3 is 21.1 Å². The lowest BCUT2D eigenvalue weighted by Gasteiger charge is -2.12. The van der Waals surface area contributed by atoms with Gasteiger partial charge >= 0.3 is 6.18 Å². The Balaban J connectivity index is 1.79. The lowest BCUT2D eigenvalue weighted by atomic mass is 10.2. The molecule has 0 radical (unpaired) electrons. The van der Waals surface area contributed by atoms with Gasteiger partial charge in [0.25, 0.3) is 5.91 Å². The van der Waals surface area contributed by atoms with E-state index in [1.807, 2.05) is 6.07 Å². The Morgan fingerprint density at radius 2 is 2.14 bits per heavy atom. The third-order valence-electron chi connectivity index (χ3n) is 3.44. The molecule has 28 heavy (non-hydrogen) atoms. The SMILES string of the molecule is CN=C(NCCc1nc(C(F)(F)F)cs1)NCc1cccc(OCC(N)=O)c1. The number of nitrogens with one attached hydrogen (secondary N) is 2. The van der Waals surface area contributed by atoms with Crippen LogP contribution in [0.1, 0.15) is 16.3 Å². The summed E-state index contributed by atoms with van der Waals surface area (Å²) in [6, 6.07) is 7.12. The smallest absolute Gasteiger partial charge is 0.434 e. The minimum absolute atomic E-state index is 0.201. The largest absolute Gasteiger partial charge is 0.484 e. The maximum atomic E-state index is 12.6. The second kappa shape index (κ2) is 9.93. The van der Waals surface area contributed by atoms with E-state index < -0.39 is 17.8 Å². The number of benzene rings is 1. The van der Waals surface area contributed by atoms with E-state index in [4.69, 9.17) is 10.5 Å². The molecule has 0 saturated carbocycles. The molecule has 4 N–H and O–H groups in total. The van der Waals surface area contributed by atoms with Crippen molar-refractivity contribution < 1.29 is 22.7 Å². The average molecular weight is 415 g/mol. The Bertz CT molecular complexity index is 823. The van der Waals surface area contributed by atoms with Crippen LogP contribution in [0, 0.1) is 0 Å². The van der Waals surface area contributed by atoms with Crippen LogP contribution in [0.2, 0.25) is 0 Å². The minimum Gasteiger partial charge on any atom is -0.484 e. The summed E-state index contributed by atoms with van der Waals surface area (Å²) in [4.78, 5) is 18.4. The zero-order valence-corrected chi connectivity index (χ0v) is 15.9. The summed E-state index contributed by atoms with van der Waals surface area (Å²) < 4.78 is 42.9. The Kier molecular flexibility index (Phi) is 7.61. The molecule has 1 aromatic heterocycles. The molecule has 7 nitrogen and oxygen atoms in total. The molecule has 0 spiro atoms. The number of hydrogen-bond donors (Lipinski definition) is 3. The van der Waals surface area contributed by atoms with Crippen LogP contribution < -0.4 is 21.1 Å². The zero-order valence-electron chi connectivity index (χ0n) is 15.0. The predicted molar refractivity (Wildman–Crippen MR) is 100 cm³/mol. The highest BCUT2D eigenvalue weighted by Crippen LogP contribution is 2.29. The van der Waals surface area contributed by atoms with Gasteiger partial charge in [0.1, 0.15) is 5.75 Å². The zero-order chi connectivity index (χ0) is 20.6. The van der Waals surface area contributed by atoms with Crippen molar-refractivity contribution in [2.45, 2.75) is 19.1 Å². The number of amides is 1. The van der Waals surface area contributed by atoms with Crippen LogP contribution in [0.3, 0.4) is 0 Å². The highest BCUT2D eigenvalue weighted by molar-refractivity contribution is 7.09. The monoisotopic (exact) mass is 415 g/mol. The molecule has 11 heteroatoms. The minimum atomic E-state index is -4.42. The van der Waals surface area contributed by atoms with E-state index >= 15 is 0 Å². The first-order chi connectivity index (χ1) is 13.3. The van der Waals surface area contributed by atoms with Gasteiger partial charge in [-0.3, -0.25) is 9.79 Å². The molecule has 0 bridgehead atoms. The molecule has 1 heterocycles. The van der Waals surface area contributed by atoms with Crippen molar-refractivity contribution in [1.82, 2.24) is 15.6 Å². The number of aliphatic imine (C=N–C) groups is 1. The van der Waals surface area contributed by atoms with Crippen LogP contribution in [-0.4, -0.2) is 37.1 Å². The van der Waals surface area contributed by atoms with Crippen molar-refractivity contribution in [3.63, 3.8) is 0 Å². The van der Waals surface area contributed by atoms with Gasteiger partial charge in [0.2, 0.25) is 0 Å². The summed E-state index contributed by atoms with van der Waals surface area (Å²) in [5.74, 6) is 0.456. The summed E-state index contributed by atoms with van der Waals surface area (Å²) in [6.07, 6.45) is -4.08. The van der Waals surface area contributed by atoms with Gasteiger partial charge in [-0.1, -0.05) is 12.1 Å². The number of primary amides is 1. The fourth-order valence-corrected chi connectivity index (χ4v) is 2.95. The average Bonchev–Trinajstić information content (AvgIpc) is 3.12. The molecular weight excluding hydrogens is 395 g/mol. The number of halogens is 3. The van der Waals surface area contributed by atoms with Crippen LogP contribution in [0.15, 0.2) is 34.6 Å². The Hall–Kier alpha value is -2.82. The normalized spacial score (nSPS) is 11.9. The quantitative estimate of drug-likeness (QED) is 0.452. The summed E-state index contributed by atoms with van der Waals surface area (Å²) >= 11 is 0.976. The predicted octanol–water partition coefficient (Wildman–Crippen LogP) is 1.93. The number of carbonyl (C=O) groups excluding carboxylic acids is 1.